The third kappa shape index (κ3) is 4.92. The fourth-order valence-electron chi connectivity index (χ4n) is 5.88. The minimum atomic E-state index is -3.83. The number of nitrogens with zero attached hydrogens (tertiary/aromatic N) is 6. The van der Waals surface area contributed by atoms with Crippen molar-refractivity contribution in [1.29, 1.82) is 0 Å². The van der Waals surface area contributed by atoms with Crippen molar-refractivity contribution in [3.63, 3.8) is 0 Å². The first-order valence-electron chi connectivity index (χ1n) is 15.2. The van der Waals surface area contributed by atoms with Crippen LogP contribution in [0.4, 0.5) is 4.39 Å². The van der Waals surface area contributed by atoms with E-state index in [0.29, 0.717) is 53.6 Å². The molecule has 0 N–H and O–H groups in total. The molecule has 0 unspecified atom stereocenters. The van der Waals surface area contributed by atoms with E-state index in [-0.39, 0.29) is 34.2 Å². The van der Waals surface area contributed by atoms with Crippen LogP contribution in [-0.4, -0.2) is 63.5 Å². The molecule has 0 bridgehead atoms. The van der Waals surface area contributed by atoms with Gasteiger partial charge in [0.1, 0.15) is 16.2 Å². The smallest absolute Gasteiger partial charge is 0.225 e. The minimum absolute atomic E-state index is 0.0160. The van der Waals surface area contributed by atoms with E-state index >= 15 is 0 Å². The molecule has 5 heterocycles. The Morgan fingerprint density at radius 1 is 1.14 bits per heavy atom. The average molecular weight is 596 g/mol. The summed E-state index contributed by atoms with van der Waals surface area (Å²) in [5, 5.41) is 8.31. The SMILES string of the molecule is [2H]C([2H])([2H])c1nnn(C)c1-c1cnc2c3c(OC(C)C)ncc(S(C)(=O)=O)c3n([C@H](c3ccc(F)cc3)C3CCOCC3)c2c1. The van der Waals surface area contributed by atoms with Crippen molar-refractivity contribution in [2.45, 2.75) is 50.6 Å². The number of halogens is 1. The molecule has 1 aliphatic rings. The van der Waals surface area contributed by atoms with Crippen molar-refractivity contribution in [2.75, 3.05) is 19.5 Å². The van der Waals surface area contributed by atoms with Gasteiger partial charge >= 0.3 is 0 Å². The molecule has 1 aromatic carbocycles. The lowest BCUT2D eigenvalue weighted by Gasteiger charge is -2.33. The number of aromatic nitrogens is 6. The largest absolute Gasteiger partial charge is 0.474 e. The summed E-state index contributed by atoms with van der Waals surface area (Å²) in [6, 6.07) is 7.47. The molecule has 1 atom stereocenters. The van der Waals surface area contributed by atoms with Gasteiger partial charge in [0.25, 0.3) is 0 Å². The summed E-state index contributed by atoms with van der Waals surface area (Å²) in [4.78, 5) is 9.23. The molecule has 42 heavy (non-hydrogen) atoms. The lowest BCUT2D eigenvalue weighted by molar-refractivity contribution is 0.0552. The molecule has 1 fully saturated rings. The van der Waals surface area contributed by atoms with E-state index in [9.17, 15) is 12.8 Å². The second-order valence-electron chi connectivity index (χ2n) is 10.9. The van der Waals surface area contributed by atoms with Crippen LogP contribution in [0, 0.1) is 18.6 Å². The van der Waals surface area contributed by atoms with Crippen LogP contribution in [0.5, 0.6) is 5.88 Å². The average Bonchev–Trinajstić information content (AvgIpc) is 3.52. The molecule has 0 amide bonds. The fraction of sp³-hybridized carbons (Fsp3) is 0.400. The lowest BCUT2D eigenvalue weighted by Crippen LogP contribution is -2.27. The van der Waals surface area contributed by atoms with Crippen LogP contribution >= 0.6 is 0 Å². The van der Waals surface area contributed by atoms with Gasteiger partial charge in [-0.1, -0.05) is 17.3 Å². The number of fused-ring (bicyclic) bond motifs is 3. The van der Waals surface area contributed by atoms with Gasteiger partial charge in [0, 0.05) is 42.4 Å². The van der Waals surface area contributed by atoms with Crippen LogP contribution in [0.15, 0.2) is 47.6 Å². The Kier molecular flexibility index (Phi) is 6.31. The Bertz CT molecular complexity index is 2000. The molecule has 5 aromatic rings. The topological polar surface area (TPSA) is 114 Å². The number of ether oxygens (including phenoxy) is 2. The molecule has 0 radical (unpaired) electrons. The predicted molar refractivity (Wildman–Crippen MR) is 157 cm³/mol. The standard InChI is InChI=1S/C30H33FN6O4S/c1-17(2)41-30-25-26-23(14-21(15-32-26)27-18(3)34-35-36(27)4)37(29(25)24(16-33-30)42(5,38)39)28(20-10-12-40-13-11-20)19-6-8-22(31)9-7-19/h6-9,14-17,20,28H,10-13H2,1-5H3/t28-/m1/s1/i3D3. The van der Waals surface area contributed by atoms with E-state index in [4.69, 9.17) is 18.6 Å². The first-order chi connectivity index (χ1) is 21.3. The molecule has 1 saturated heterocycles. The Labute approximate surface area is 247 Å². The summed E-state index contributed by atoms with van der Waals surface area (Å²) in [6.07, 6.45) is 4.99. The molecule has 12 heteroatoms. The second kappa shape index (κ2) is 10.7. The lowest BCUT2D eigenvalue weighted by atomic mass is 9.86. The van der Waals surface area contributed by atoms with E-state index in [2.05, 4.69) is 15.3 Å². The molecule has 0 spiro atoms. The highest BCUT2D eigenvalue weighted by molar-refractivity contribution is 7.91. The molecule has 1 aliphatic heterocycles. The molecular formula is C30H33FN6O4S. The number of pyridine rings is 2. The predicted octanol–water partition coefficient (Wildman–Crippen LogP) is 5.03. The van der Waals surface area contributed by atoms with Crippen molar-refractivity contribution < 1.29 is 26.4 Å². The van der Waals surface area contributed by atoms with Crippen molar-refractivity contribution in [2.24, 2.45) is 13.0 Å². The van der Waals surface area contributed by atoms with Gasteiger partial charge in [0.15, 0.2) is 9.84 Å². The van der Waals surface area contributed by atoms with E-state index < -0.39 is 28.5 Å². The van der Waals surface area contributed by atoms with Crippen LogP contribution in [0.3, 0.4) is 0 Å². The quantitative estimate of drug-likeness (QED) is 0.257. The van der Waals surface area contributed by atoms with Gasteiger partial charge in [-0.15, -0.1) is 5.10 Å². The van der Waals surface area contributed by atoms with Gasteiger partial charge in [-0.25, -0.2) is 22.5 Å². The van der Waals surface area contributed by atoms with Crippen molar-refractivity contribution in [3.8, 4) is 17.1 Å². The van der Waals surface area contributed by atoms with Crippen molar-refractivity contribution in [3.05, 3.63) is 59.8 Å². The zero-order valence-corrected chi connectivity index (χ0v) is 24.5. The second-order valence-corrected chi connectivity index (χ2v) is 12.9. The first-order valence-corrected chi connectivity index (χ1v) is 15.6. The summed E-state index contributed by atoms with van der Waals surface area (Å²) in [7, 11) is -2.24. The third-order valence-corrected chi connectivity index (χ3v) is 8.73. The van der Waals surface area contributed by atoms with E-state index in [1.807, 2.05) is 18.4 Å². The Morgan fingerprint density at radius 3 is 2.55 bits per heavy atom. The Balaban J connectivity index is 1.79. The number of hydrogen-bond acceptors (Lipinski definition) is 8. The van der Waals surface area contributed by atoms with E-state index in [1.54, 1.807) is 25.2 Å². The summed E-state index contributed by atoms with van der Waals surface area (Å²) in [5.41, 5.74) is 2.56. The van der Waals surface area contributed by atoms with Gasteiger partial charge in [-0.3, -0.25) is 4.98 Å². The van der Waals surface area contributed by atoms with Crippen molar-refractivity contribution in [1.82, 2.24) is 29.5 Å². The minimum Gasteiger partial charge on any atom is -0.474 e. The Morgan fingerprint density at radius 2 is 1.88 bits per heavy atom. The first kappa shape index (κ1) is 24.7. The number of hydrogen-bond donors (Lipinski definition) is 0. The summed E-state index contributed by atoms with van der Waals surface area (Å²) in [6.45, 7) is 2.16. The number of benzene rings is 1. The maximum absolute atomic E-state index is 14.2. The summed E-state index contributed by atoms with van der Waals surface area (Å²) >= 11 is 0. The molecule has 4 aromatic heterocycles. The van der Waals surface area contributed by atoms with Crippen LogP contribution in [-0.2, 0) is 21.6 Å². The van der Waals surface area contributed by atoms with Crippen molar-refractivity contribution >= 4 is 31.8 Å². The highest BCUT2D eigenvalue weighted by atomic mass is 32.2. The Hall–Kier alpha value is -3.90. The third-order valence-electron chi connectivity index (χ3n) is 7.64. The van der Waals surface area contributed by atoms with Gasteiger partial charge in [0.2, 0.25) is 5.88 Å². The normalized spacial score (nSPS) is 17.0. The highest BCUT2D eigenvalue weighted by Gasteiger charge is 2.34. The number of rotatable bonds is 7. The number of aryl methyl sites for hydroxylation is 2. The molecule has 0 aliphatic carbocycles. The molecule has 6 rings (SSSR count). The van der Waals surface area contributed by atoms with Crippen LogP contribution in [0.25, 0.3) is 33.2 Å². The number of sulfone groups is 1. The maximum atomic E-state index is 14.2. The van der Waals surface area contributed by atoms with Crippen LogP contribution in [0.2, 0.25) is 0 Å². The van der Waals surface area contributed by atoms with Gasteiger partial charge < -0.3 is 14.0 Å². The van der Waals surface area contributed by atoms with E-state index in [0.717, 1.165) is 11.8 Å². The zero-order chi connectivity index (χ0) is 32.3. The molecular weight excluding hydrogens is 559 g/mol. The van der Waals surface area contributed by atoms with Gasteiger partial charge in [-0.2, -0.15) is 0 Å². The van der Waals surface area contributed by atoms with Crippen LogP contribution in [0.1, 0.15) is 48.1 Å². The molecule has 10 nitrogen and oxygen atoms in total. The van der Waals surface area contributed by atoms with E-state index in [1.165, 1.54) is 29.2 Å². The monoisotopic (exact) mass is 595 g/mol. The van der Waals surface area contributed by atoms with Gasteiger partial charge in [-0.05, 0) is 63.2 Å². The molecule has 220 valence electrons. The summed E-state index contributed by atoms with van der Waals surface area (Å²) in [5.74, 6) is -0.213. The van der Waals surface area contributed by atoms with Gasteiger partial charge in [0.05, 0.1) is 46.2 Å². The summed E-state index contributed by atoms with van der Waals surface area (Å²) < 4.78 is 80.2. The zero-order valence-electron chi connectivity index (χ0n) is 26.7. The fourth-order valence-corrected chi connectivity index (χ4v) is 6.67. The highest BCUT2D eigenvalue weighted by Crippen LogP contribution is 2.45. The molecule has 0 saturated carbocycles. The van der Waals surface area contributed by atoms with Crippen LogP contribution < -0.4 is 4.74 Å². The maximum Gasteiger partial charge on any atom is 0.225 e.